The van der Waals surface area contributed by atoms with E-state index in [9.17, 15) is 24.3 Å². The summed E-state index contributed by atoms with van der Waals surface area (Å²) in [6.45, 7) is 4.24. The third-order valence-electron chi connectivity index (χ3n) is 3.46. The molecule has 2 rings (SSSR count). The molecule has 1 amide bonds. The number of nitrogens with zero attached hydrogens (tertiary/aromatic N) is 1. The standard InChI is InChI=1S/C13H17N3O5/c1-6(2)3-4-16-10-9(11(18)15-13(16)21)7(12(19)20)5-8(17)14-10/h6-7H,3-5H2,1-2H3,(H,14,17)(H,19,20)(H,15,18,21)/t7-/m0/s1. The lowest BCUT2D eigenvalue weighted by molar-refractivity contribution is -0.140. The molecule has 0 saturated carbocycles. The summed E-state index contributed by atoms with van der Waals surface area (Å²) in [4.78, 5) is 48.9. The van der Waals surface area contributed by atoms with Crippen molar-refractivity contribution in [2.24, 2.45) is 5.92 Å². The Morgan fingerprint density at radius 2 is 2.05 bits per heavy atom. The minimum atomic E-state index is -1.26. The van der Waals surface area contributed by atoms with E-state index in [1.807, 2.05) is 13.8 Å². The van der Waals surface area contributed by atoms with Gasteiger partial charge in [-0.1, -0.05) is 13.8 Å². The molecule has 0 spiro atoms. The van der Waals surface area contributed by atoms with Crippen molar-refractivity contribution in [2.75, 3.05) is 5.32 Å². The maximum atomic E-state index is 11.9. The van der Waals surface area contributed by atoms with E-state index in [0.29, 0.717) is 18.9 Å². The molecule has 21 heavy (non-hydrogen) atoms. The maximum Gasteiger partial charge on any atom is 0.329 e. The predicted octanol–water partition coefficient (Wildman–Crippen LogP) is 0.0931. The fourth-order valence-corrected chi connectivity index (χ4v) is 2.33. The number of carboxylic acids is 1. The molecule has 8 heteroatoms. The van der Waals surface area contributed by atoms with Gasteiger partial charge in [0.15, 0.2) is 0 Å². The van der Waals surface area contributed by atoms with Gasteiger partial charge in [0, 0.05) is 13.0 Å². The molecule has 0 aliphatic carbocycles. The number of aromatic nitrogens is 2. The Morgan fingerprint density at radius 1 is 1.38 bits per heavy atom. The molecule has 2 heterocycles. The summed E-state index contributed by atoms with van der Waals surface area (Å²) in [6, 6.07) is 0. The van der Waals surface area contributed by atoms with E-state index in [2.05, 4.69) is 10.3 Å². The van der Waals surface area contributed by atoms with Crippen LogP contribution < -0.4 is 16.6 Å². The van der Waals surface area contributed by atoms with Crippen molar-refractivity contribution in [2.45, 2.75) is 39.2 Å². The average Bonchev–Trinajstić information content (AvgIpc) is 2.36. The molecule has 1 aliphatic heterocycles. The highest BCUT2D eigenvalue weighted by atomic mass is 16.4. The molecule has 114 valence electrons. The van der Waals surface area contributed by atoms with Gasteiger partial charge in [-0.3, -0.25) is 23.9 Å². The lowest BCUT2D eigenvalue weighted by Crippen LogP contribution is -2.41. The number of amides is 1. The van der Waals surface area contributed by atoms with Crippen LogP contribution in [0.2, 0.25) is 0 Å². The van der Waals surface area contributed by atoms with Crippen LogP contribution in [0, 0.1) is 5.92 Å². The Balaban J connectivity index is 2.61. The first-order chi connectivity index (χ1) is 9.81. The fourth-order valence-electron chi connectivity index (χ4n) is 2.33. The van der Waals surface area contributed by atoms with Gasteiger partial charge in [0.25, 0.3) is 5.56 Å². The predicted molar refractivity (Wildman–Crippen MR) is 74.4 cm³/mol. The Bertz CT molecular complexity index is 701. The van der Waals surface area contributed by atoms with Gasteiger partial charge in [-0.15, -0.1) is 0 Å². The maximum absolute atomic E-state index is 11.9. The normalized spacial score (nSPS) is 17.5. The van der Waals surface area contributed by atoms with Crippen LogP contribution in [0.25, 0.3) is 0 Å². The topological polar surface area (TPSA) is 121 Å². The van der Waals surface area contributed by atoms with Crippen LogP contribution in [0.1, 0.15) is 38.2 Å². The summed E-state index contributed by atoms with van der Waals surface area (Å²) in [7, 11) is 0. The molecular formula is C13H17N3O5. The van der Waals surface area contributed by atoms with Gasteiger partial charge in [0.2, 0.25) is 5.91 Å². The summed E-state index contributed by atoms with van der Waals surface area (Å²) in [5.74, 6) is -2.69. The zero-order valence-electron chi connectivity index (χ0n) is 11.8. The molecule has 0 saturated heterocycles. The Hall–Kier alpha value is -2.38. The third-order valence-corrected chi connectivity index (χ3v) is 3.46. The second-order valence-electron chi connectivity index (χ2n) is 5.50. The smallest absolute Gasteiger partial charge is 0.329 e. The van der Waals surface area contributed by atoms with E-state index >= 15 is 0 Å². The molecule has 1 aromatic rings. The quantitative estimate of drug-likeness (QED) is 0.727. The second kappa shape index (κ2) is 5.55. The summed E-state index contributed by atoms with van der Waals surface area (Å²) in [5, 5.41) is 11.6. The highest BCUT2D eigenvalue weighted by Crippen LogP contribution is 2.28. The Kier molecular flexibility index (Phi) is 3.97. The van der Waals surface area contributed by atoms with E-state index in [-0.39, 0.29) is 17.8 Å². The number of anilines is 1. The van der Waals surface area contributed by atoms with Crippen LogP contribution in [-0.4, -0.2) is 26.5 Å². The Labute approximate surface area is 119 Å². The number of aliphatic carboxylic acids is 1. The van der Waals surface area contributed by atoms with Gasteiger partial charge in [0.1, 0.15) is 5.82 Å². The summed E-state index contributed by atoms with van der Waals surface area (Å²) in [5.41, 5.74) is -1.47. The SMILES string of the molecule is CC(C)CCn1c2c(c(=O)[nH]c1=O)[C@@H](C(=O)O)CC(=O)N2. The van der Waals surface area contributed by atoms with Crippen molar-refractivity contribution in [3.63, 3.8) is 0 Å². The molecule has 0 unspecified atom stereocenters. The number of aromatic amines is 1. The second-order valence-corrected chi connectivity index (χ2v) is 5.50. The van der Waals surface area contributed by atoms with Crippen LogP contribution in [-0.2, 0) is 16.1 Å². The lowest BCUT2D eigenvalue weighted by atomic mass is 9.93. The monoisotopic (exact) mass is 295 g/mol. The third kappa shape index (κ3) is 2.88. The van der Waals surface area contributed by atoms with Crippen molar-refractivity contribution < 1.29 is 14.7 Å². The highest BCUT2D eigenvalue weighted by Gasteiger charge is 2.35. The molecule has 0 bridgehead atoms. The molecule has 3 N–H and O–H groups in total. The van der Waals surface area contributed by atoms with Gasteiger partial charge in [-0.2, -0.15) is 0 Å². The number of nitrogens with one attached hydrogen (secondary N) is 2. The summed E-state index contributed by atoms with van der Waals surface area (Å²) >= 11 is 0. The number of H-pyrrole nitrogens is 1. The fraction of sp³-hybridized carbons (Fsp3) is 0.538. The molecule has 0 radical (unpaired) electrons. The first-order valence-electron chi connectivity index (χ1n) is 6.71. The number of hydrogen-bond donors (Lipinski definition) is 3. The zero-order chi connectivity index (χ0) is 15.7. The minimum Gasteiger partial charge on any atom is -0.481 e. The van der Waals surface area contributed by atoms with E-state index in [1.165, 1.54) is 4.57 Å². The van der Waals surface area contributed by atoms with E-state index in [4.69, 9.17) is 0 Å². The number of hydrogen-bond acceptors (Lipinski definition) is 4. The number of rotatable bonds is 4. The van der Waals surface area contributed by atoms with Gasteiger partial charge in [-0.05, 0) is 12.3 Å². The van der Waals surface area contributed by atoms with Crippen LogP contribution in [0.15, 0.2) is 9.59 Å². The number of carbonyl (C=O) groups is 2. The molecule has 1 aromatic heterocycles. The van der Waals surface area contributed by atoms with Crippen molar-refractivity contribution in [1.82, 2.24) is 9.55 Å². The van der Waals surface area contributed by atoms with E-state index in [0.717, 1.165) is 0 Å². The van der Waals surface area contributed by atoms with Crippen LogP contribution in [0.5, 0.6) is 0 Å². The van der Waals surface area contributed by atoms with Crippen LogP contribution in [0.3, 0.4) is 0 Å². The van der Waals surface area contributed by atoms with Crippen molar-refractivity contribution >= 4 is 17.7 Å². The molecule has 0 fully saturated rings. The van der Waals surface area contributed by atoms with Crippen LogP contribution in [0.4, 0.5) is 5.82 Å². The number of carboxylic acid groups (broad SMARTS) is 1. The molecule has 0 aromatic carbocycles. The molecule has 1 aliphatic rings. The molecule has 1 atom stereocenters. The van der Waals surface area contributed by atoms with Crippen molar-refractivity contribution in [1.29, 1.82) is 0 Å². The highest BCUT2D eigenvalue weighted by molar-refractivity contribution is 5.98. The molecule has 8 nitrogen and oxygen atoms in total. The number of fused-ring (bicyclic) bond motifs is 1. The van der Waals surface area contributed by atoms with Crippen molar-refractivity contribution in [3.8, 4) is 0 Å². The van der Waals surface area contributed by atoms with Gasteiger partial charge in [-0.25, -0.2) is 4.79 Å². The summed E-state index contributed by atoms with van der Waals surface area (Å²) in [6.07, 6.45) is 0.347. The minimum absolute atomic E-state index is 0.00745. The van der Waals surface area contributed by atoms with Crippen LogP contribution >= 0.6 is 0 Å². The van der Waals surface area contributed by atoms with Gasteiger partial charge in [0.05, 0.1) is 11.5 Å². The zero-order valence-corrected chi connectivity index (χ0v) is 11.8. The summed E-state index contributed by atoms with van der Waals surface area (Å²) < 4.78 is 1.23. The van der Waals surface area contributed by atoms with E-state index in [1.54, 1.807) is 0 Å². The molecular weight excluding hydrogens is 278 g/mol. The lowest BCUT2D eigenvalue weighted by Gasteiger charge is -2.24. The first-order valence-corrected chi connectivity index (χ1v) is 6.71. The van der Waals surface area contributed by atoms with Crippen molar-refractivity contribution in [3.05, 3.63) is 26.4 Å². The average molecular weight is 295 g/mol. The number of carbonyl (C=O) groups excluding carboxylic acids is 1. The van der Waals surface area contributed by atoms with Gasteiger partial charge >= 0.3 is 11.7 Å². The first kappa shape index (κ1) is 15.0. The Morgan fingerprint density at radius 3 is 2.62 bits per heavy atom. The van der Waals surface area contributed by atoms with Gasteiger partial charge < -0.3 is 10.4 Å². The van der Waals surface area contributed by atoms with E-state index < -0.39 is 29.0 Å². The largest absolute Gasteiger partial charge is 0.481 e.